The van der Waals surface area contributed by atoms with Gasteiger partial charge in [-0.15, -0.1) is 11.8 Å². The maximum absolute atomic E-state index is 12.0. The van der Waals surface area contributed by atoms with E-state index in [9.17, 15) is 18.0 Å². The monoisotopic (exact) mass is 266 g/mol. The van der Waals surface area contributed by atoms with E-state index < -0.39 is 23.3 Å². The van der Waals surface area contributed by atoms with Gasteiger partial charge < -0.3 is 4.90 Å². The van der Waals surface area contributed by atoms with Gasteiger partial charge in [-0.3, -0.25) is 4.79 Å². The van der Waals surface area contributed by atoms with Gasteiger partial charge in [0.25, 0.3) is 0 Å². The number of piperidine rings is 1. The van der Waals surface area contributed by atoms with Gasteiger partial charge in [-0.1, -0.05) is 0 Å². The Hall–Kier alpha value is -0.900. The van der Waals surface area contributed by atoms with Gasteiger partial charge in [-0.05, 0) is 19.1 Å². The minimum Gasteiger partial charge on any atom is -0.342 e. The van der Waals surface area contributed by atoms with Crippen molar-refractivity contribution in [3.63, 3.8) is 0 Å². The van der Waals surface area contributed by atoms with Crippen LogP contribution in [0.5, 0.6) is 0 Å². The molecule has 0 atom stereocenters. The van der Waals surface area contributed by atoms with Gasteiger partial charge in [0.2, 0.25) is 5.91 Å². The fourth-order valence-electron chi connectivity index (χ4n) is 1.76. The molecule has 1 rings (SSSR count). The Labute approximate surface area is 102 Å². The summed E-state index contributed by atoms with van der Waals surface area (Å²) in [5.74, 6) is -0.898. The summed E-state index contributed by atoms with van der Waals surface area (Å²) >= 11 is 1.40. The highest BCUT2D eigenvalue weighted by atomic mass is 32.2. The average Bonchev–Trinajstić information content (AvgIpc) is 2.27. The molecule has 0 saturated carbocycles. The SMILES string of the molecule is CSC1(C#N)CCN(C(=O)CC(F)(F)F)CC1. The van der Waals surface area contributed by atoms with Gasteiger partial charge in [0.1, 0.15) is 11.2 Å². The van der Waals surface area contributed by atoms with Crippen LogP contribution in [-0.2, 0) is 4.79 Å². The fraction of sp³-hybridized carbons (Fsp3) is 0.800. The number of alkyl halides is 3. The molecule has 0 bridgehead atoms. The number of nitriles is 1. The highest BCUT2D eigenvalue weighted by molar-refractivity contribution is 8.00. The van der Waals surface area contributed by atoms with Crippen molar-refractivity contribution in [2.75, 3.05) is 19.3 Å². The summed E-state index contributed by atoms with van der Waals surface area (Å²) < 4.78 is 35.6. The van der Waals surface area contributed by atoms with E-state index in [1.807, 2.05) is 0 Å². The number of likely N-dealkylation sites (tertiary alicyclic amines) is 1. The summed E-state index contributed by atoms with van der Waals surface area (Å²) in [6.45, 7) is 0.451. The first-order chi connectivity index (χ1) is 7.82. The van der Waals surface area contributed by atoms with Crippen molar-refractivity contribution in [1.82, 2.24) is 4.90 Å². The van der Waals surface area contributed by atoms with E-state index >= 15 is 0 Å². The van der Waals surface area contributed by atoms with Crippen molar-refractivity contribution >= 4 is 17.7 Å². The van der Waals surface area contributed by atoms with E-state index in [4.69, 9.17) is 5.26 Å². The second kappa shape index (κ2) is 5.17. The van der Waals surface area contributed by atoms with Crippen LogP contribution in [-0.4, -0.2) is 41.1 Å². The van der Waals surface area contributed by atoms with Crippen molar-refractivity contribution in [1.29, 1.82) is 5.26 Å². The molecule has 1 fully saturated rings. The van der Waals surface area contributed by atoms with Crippen molar-refractivity contribution < 1.29 is 18.0 Å². The molecule has 1 aliphatic rings. The normalized spacial score (nSPS) is 19.8. The number of hydrogen-bond donors (Lipinski definition) is 0. The molecule has 0 aromatic heterocycles. The first-order valence-corrected chi connectivity index (χ1v) is 6.35. The van der Waals surface area contributed by atoms with Gasteiger partial charge >= 0.3 is 6.18 Å². The molecule has 1 amide bonds. The van der Waals surface area contributed by atoms with Crippen LogP contribution in [0.2, 0.25) is 0 Å². The summed E-state index contributed by atoms with van der Waals surface area (Å²) in [5, 5.41) is 9.00. The van der Waals surface area contributed by atoms with Gasteiger partial charge in [0, 0.05) is 13.1 Å². The molecule has 0 unspecified atom stereocenters. The van der Waals surface area contributed by atoms with Crippen molar-refractivity contribution in [3.8, 4) is 6.07 Å². The topological polar surface area (TPSA) is 44.1 Å². The van der Waals surface area contributed by atoms with E-state index in [-0.39, 0.29) is 13.1 Å². The minimum absolute atomic E-state index is 0.226. The lowest BCUT2D eigenvalue weighted by atomic mass is 9.97. The largest absolute Gasteiger partial charge is 0.397 e. The van der Waals surface area contributed by atoms with Crippen LogP contribution in [0.1, 0.15) is 19.3 Å². The molecule has 17 heavy (non-hydrogen) atoms. The Balaban J connectivity index is 2.53. The second-order valence-electron chi connectivity index (χ2n) is 3.98. The Morgan fingerprint density at radius 2 is 2.00 bits per heavy atom. The number of rotatable bonds is 2. The summed E-state index contributed by atoms with van der Waals surface area (Å²) in [7, 11) is 0. The molecule has 0 radical (unpaired) electrons. The highest BCUT2D eigenvalue weighted by Gasteiger charge is 2.38. The summed E-state index contributed by atoms with van der Waals surface area (Å²) in [6, 6.07) is 2.18. The number of thioether (sulfide) groups is 1. The number of amides is 1. The molecule has 0 N–H and O–H groups in total. The number of carbonyl (C=O) groups excluding carboxylic acids is 1. The third kappa shape index (κ3) is 3.80. The molecular formula is C10H13F3N2OS. The first-order valence-electron chi connectivity index (χ1n) is 5.13. The molecule has 0 aromatic carbocycles. The minimum atomic E-state index is -4.46. The quantitative estimate of drug-likeness (QED) is 0.769. The van der Waals surface area contributed by atoms with Crippen LogP contribution < -0.4 is 0 Å². The van der Waals surface area contributed by atoms with Gasteiger partial charge in [-0.2, -0.15) is 18.4 Å². The predicted octanol–water partition coefficient (Wildman–Crippen LogP) is 2.19. The third-order valence-corrected chi connectivity index (χ3v) is 4.15. The lowest BCUT2D eigenvalue weighted by Gasteiger charge is -2.36. The zero-order chi connectivity index (χ0) is 13.1. The lowest BCUT2D eigenvalue weighted by Crippen LogP contribution is -2.45. The van der Waals surface area contributed by atoms with Gasteiger partial charge in [-0.25, -0.2) is 0 Å². The number of carbonyl (C=O) groups is 1. The van der Waals surface area contributed by atoms with Crippen LogP contribution in [0, 0.1) is 11.3 Å². The van der Waals surface area contributed by atoms with E-state index in [0.29, 0.717) is 12.8 Å². The molecule has 0 aromatic rings. The second-order valence-corrected chi connectivity index (χ2v) is 5.17. The molecule has 96 valence electrons. The van der Waals surface area contributed by atoms with Crippen molar-refractivity contribution in [2.24, 2.45) is 0 Å². The van der Waals surface area contributed by atoms with Crippen LogP contribution in [0.4, 0.5) is 13.2 Å². The maximum Gasteiger partial charge on any atom is 0.397 e. The number of nitrogens with zero attached hydrogens (tertiary/aromatic N) is 2. The summed E-state index contributed by atoms with van der Waals surface area (Å²) in [4.78, 5) is 12.5. The lowest BCUT2D eigenvalue weighted by molar-refractivity contribution is -0.162. The molecule has 0 spiro atoms. The Morgan fingerprint density at radius 3 is 2.35 bits per heavy atom. The van der Waals surface area contributed by atoms with E-state index in [2.05, 4.69) is 6.07 Å². The molecule has 7 heteroatoms. The Bertz CT molecular complexity index is 329. The average molecular weight is 266 g/mol. The van der Waals surface area contributed by atoms with Crippen LogP contribution in [0.25, 0.3) is 0 Å². The van der Waals surface area contributed by atoms with Crippen molar-refractivity contribution in [3.05, 3.63) is 0 Å². The first kappa shape index (κ1) is 14.2. The predicted molar refractivity (Wildman–Crippen MR) is 58.3 cm³/mol. The number of hydrogen-bond acceptors (Lipinski definition) is 3. The molecule has 3 nitrogen and oxygen atoms in total. The molecule has 0 aliphatic carbocycles. The number of halogens is 3. The van der Waals surface area contributed by atoms with Gasteiger partial charge in [0.05, 0.1) is 6.07 Å². The smallest absolute Gasteiger partial charge is 0.342 e. The highest BCUT2D eigenvalue weighted by Crippen LogP contribution is 2.34. The molecule has 1 saturated heterocycles. The summed E-state index contributed by atoms with van der Waals surface area (Å²) in [5.41, 5.74) is 0. The maximum atomic E-state index is 12.0. The van der Waals surface area contributed by atoms with Crippen molar-refractivity contribution in [2.45, 2.75) is 30.2 Å². The molecule has 1 heterocycles. The Morgan fingerprint density at radius 1 is 1.47 bits per heavy atom. The Kier molecular flexibility index (Phi) is 4.31. The van der Waals surface area contributed by atoms with E-state index in [1.165, 1.54) is 16.7 Å². The van der Waals surface area contributed by atoms with Crippen LogP contribution >= 0.6 is 11.8 Å². The zero-order valence-electron chi connectivity index (χ0n) is 9.38. The van der Waals surface area contributed by atoms with Crippen LogP contribution in [0.15, 0.2) is 0 Å². The third-order valence-electron chi connectivity index (χ3n) is 2.87. The fourth-order valence-corrected chi connectivity index (χ4v) is 2.44. The molecular weight excluding hydrogens is 253 g/mol. The van der Waals surface area contributed by atoms with E-state index in [0.717, 1.165) is 0 Å². The van der Waals surface area contributed by atoms with E-state index in [1.54, 1.807) is 6.26 Å². The molecule has 1 aliphatic heterocycles. The van der Waals surface area contributed by atoms with Crippen LogP contribution in [0.3, 0.4) is 0 Å². The van der Waals surface area contributed by atoms with Gasteiger partial charge in [0.15, 0.2) is 0 Å². The standard InChI is InChI=1S/C10H13F3N2OS/c1-17-9(7-14)2-4-15(5-3-9)8(16)6-10(11,12)13/h2-6H2,1H3. The zero-order valence-corrected chi connectivity index (χ0v) is 10.2. The summed E-state index contributed by atoms with van der Waals surface area (Å²) in [6.07, 6.45) is -3.22.